The maximum Gasteiger partial charge on any atom is 0.245 e. The van der Waals surface area contributed by atoms with Gasteiger partial charge >= 0.3 is 0 Å². The Labute approximate surface area is 323 Å². The van der Waals surface area contributed by atoms with Crippen molar-refractivity contribution >= 4 is 29.4 Å². The molecular weight excluding hydrogens is 692 g/mol. The topological polar surface area (TPSA) is 173 Å². The third-order valence-electron chi connectivity index (χ3n) is 10.8. The number of nitrogens with two attached hydrogens (primary N) is 1. The zero-order chi connectivity index (χ0) is 41.0. The number of Topliss-reactive ketones (excluding diaryl/α,β-unsaturated/α-hetero) is 1. The second-order valence-electron chi connectivity index (χ2n) is 15.7. The molecule has 0 radical (unpaired) electrons. The van der Waals surface area contributed by atoms with Gasteiger partial charge in [-0.15, -0.1) is 0 Å². The van der Waals surface area contributed by atoms with Gasteiger partial charge in [-0.05, 0) is 50.4 Å². The van der Waals surface area contributed by atoms with Crippen LogP contribution >= 0.6 is 0 Å². The lowest BCUT2D eigenvalue weighted by Crippen LogP contribution is -2.59. The van der Waals surface area contributed by atoms with Gasteiger partial charge in [0.2, 0.25) is 23.6 Å². The van der Waals surface area contributed by atoms with Gasteiger partial charge in [0, 0.05) is 39.4 Å². The van der Waals surface area contributed by atoms with Gasteiger partial charge in [0.05, 0.1) is 56.3 Å². The second-order valence-corrected chi connectivity index (χ2v) is 15.7. The van der Waals surface area contributed by atoms with Gasteiger partial charge in [-0.3, -0.25) is 28.9 Å². The number of ketones is 1. The van der Waals surface area contributed by atoms with E-state index in [0.717, 1.165) is 0 Å². The summed E-state index contributed by atoms with van der Waals surface area (Å²) in [4.78, 5) is 73.2. The van der Waals surface area contributed by atoms with Crippen LogP contribution in [0.2, 0.25) is 0 Å². The van der Waals surface area contributed by atoms with Crippen LogP contribution in [0.3, 0.4) is 0 Å². The van der Waals surface area contributed by atoms with E-state index in [1.54, 1.807) is 48.0 Å². The third-order valence-corrected chi connectivity index (χ3v) is 10.8. The number of ether oxygens (including phenoxy) is 3. The lowest BCUT2D eigenvalue weighted by molar-refractivity contribution is -0.148. The van der Waals surface area contributed by atoms with E-state index in [-0.39, 0.29) is 66.8 Å². The molecule has 1 saturated heterocycles. The van der Waals surface area contributed by atoms with E-state index in [1.165, 1.54) is 21.3 Å². The fourth-order valence-corrected chi connectivity index (χ4v) is 7.69. The van der Waals surface area contributed by atoms with Crippen LogP contribution in [0.4, 0.5) is 0 Å². The van der Waals surface area contributed by atoms with Crippen LogP contribution in [0.25, 0.3) is 0 Å². The summed E-state index contributed by atoms with van der Waals surface area (Å²) in [6.07, 6.45) is -0.321. The summed E-state index contributed by atoms with van der Waals surface area (Å²) in [5, 5.41) is 5.74. The smallest absolute Gasteiger partial charge is 0.245 e. The zero-order valence-corrected chi connectivity index (χ0v) is 34.9. The number of nitrogens with zero attached hydrogens (tertiary/aromatic N) is 3. The highest BCUT2D eigenvalue weighted by molar-refractivity contribution is 5.99. The molecule has 1 aliphatic rings. The second kappa shape index (κ2) is 21.5. The largest absolute Gasteiger partial charge is 0.497 e. The molecule has 1 aromatic carbocycles. The molecule has 2 rings (SSSR count). The van der Waals surface area contributed by atoms with Crippen LogP contribution in [0.5, 0.6) is 5.75 Å². The van der Waals surface area contributed by atoms with E-state index in [9.17, 15) is 24.0 Å². The van der Waals surface area contributed by atoms with Crippen molar-refractivity contribution in [2.24, 2.45) is 29.4 Å². The van der Waals surface area contributed by atoms with Gasteiger partial charge in [0.1, 0.15) is 11.8 Å². The maximum atomic E-state index is 14.2. The molecule has 14 nitrogen and oxygen atoms in total. The summed E-state index contributed by atoms with van der Waals surface area (Å²) in [7, 11) is 9.93. The highest BCUT2D eigenvalue weighted by atomic mass is 16.5. The summed E-state index contributed by atoms with van der Waals surface area (Å²) >= 11 is 0. The summed E-state index contributed by atoms with van der Waals surface area (Å²) < 4.78 is 17.1. The van der Waals surface area contributed by atoms with Crippen molar-refractivity contribution in [3.05, 3.63) is 29.8 Å². The Kier molecular flexibility index (Phi) is 18.5. The van der Waals surface area contributed by atoms with Crippen LogP contribution < -0.4 is 21.1 Å². The van der Waals surface area contributed by atoms with E-state index in [4.69, 9.17) is 19.9 Å². The molecule has 4 amide bonds. The summed E-state index contributed by atoms with van der Waals surface area (Å²) in [6, 6.07) is 4.15. The Balaban J connectivity index is 2.27. The van der Waals surface area contributed by atoms with Crippen molar-refractivity contribution in [2.45, 2.75) is 110 Å². The fourth-order valence-electron chi connectivity index (χ4n) is 7.69. The van der Waals surface area contributed by atoms with Gasteiger partial charge in [-0.1, -0.05) is 67.0 Å². The summed E-state index contributed by atoms with van der Waals surface area (Å²) in [5.41, 5.74) is 6.83. The van der Waals surface area contributed by atoms with Gasteiger partial charge in [0.15, 0.2) is 5.78 Å². The normalized spacial score (nSPS) is 19.8. The van der Waals surface area contributed by atoms with Gasteiger partial charge in [-0.2, -0.15) is 0 Å². The van der Waals surface area contributed by atoms with Crippen LogP contribution in [0.1, 0.15) is 78.1 Å². The first-order chi connectivity index (χ1) is 25.3. The molecule has 0 aromatic heterocycles. The molecule has 14 heteroatoms. The first-order valence-electron chi connectivity index (χ1n) is 19.1. The molecule has 0 spiro atoms. The van der Waals surface area contributed by atoms with Crippen LogP contribution in [-0.2, 0) is 28.7 Å². The lowest BCUT2D eigenvalue weighted by atomic mass is 9.89. The number of carbonyl (C=O) groups is 5. The average molecular weight is 761 g/mol. The fraction of sp³-hybridized carbons (Fsp3) is 0.725. The van der Waals surface area contributed by atoms with E-state index in [1.807, 2.05) is 60.5 Å². The standard InChI is InChI=1S/C40H68N6O8/c1-14-25(6)36(45(10)40(51)34(23(2)3)43-39(50)35(24(4)5)44(8)9)32(53-12)20-33(48)46-22-28(41)19-30(46)37(54-13)26(7)38(49)42-21-31(47)27-16-15-17-29(18-27)52-11/h15-18,23-26,28,30,32,34-37H,14,19-22,41H2,1-13H3,(H,42,49)(H,43,50)/t25-,26+,28-,30-,32+,34-,35-,36-,37+/m0/s1. The van der Waals surface area contributed by atoms with Crippen LogP contribution in [0.15, 0.2) is 24.3 Å². The minimum absolute atomic E-state index is 0.0314. The zero-order valence-electron chi connectivity index (χ0n) is 34.9. The van der Waals surface area contributed by atoms with Crippen molar-refractivity contribution in [3.63, 3.8) is 0 Å². The molecule has 0 unspecified atom stereocenters. The number of amides is 4. The minimum atomic E-state index is -0.787. The number of hydrogen-bond donors (Lipinski definition) is 3. The van der Waals surface area contributed by atoms with E-state index >= 15 is 0 Å². The van der Waals surface area contributed by atoms with Crippen LogP contribution in [-0.4, -0.2) is 142 Å². The van der Waals surface area contributed by atoms with E-state index in [2.05, 4.69) is 10.6 Å². The number of methoxy groups -OCH3 is 3. The quantitative estimate of drug-likeness (QED) is 0.158. The van der Waals surface area contributed by atoms with E-state index in [0.29, 0.717) is 24.2 Å². The molecule has 1 aromatic rings. The lowest BCUT2D eigenvalue weighted by Gasteiger charge is -2.41. The Hall–Kier alpha value is -3.59. The number of benzene rings is 1. The number of likely N-dealkylation sites (tertiary alicyclic amines) is 1. The highest BCUT2D eigenvalue weighted by Gasteiger charge is 2.45. The van der Waals surface area contributed by atoms with Crippen molar-refractivity contribution in [3.8, 4) is 5.75 Å². The average Bonchev–Trinajstić information content (AvgIpc) is 3.52. The molecule has 1 heterocycles. The Morgan fingerprint density at radius 3 is 2.11 bits per heavy atom. The molecule has 0 saturated carbocycles. The number of carbonyl (C=O) groups excluding carboxylic acids is 5. The Morgan fingerprint density at radius 2 is 1.59 bits per heavy atom. The molecule has 4 N–H and O–H groups in total. The number of rotatable bonds is 21. The van der Waals surface area contributed by atoms with Gasteiger partial charge in [0.25, 0.3) is 0 Å². The summed E-state index contributed by atoms with van der Waals surface area (Å²) in [5.74, 6) is -1.80. The number of nitrogens with one attached hydrogen (secondary N) is 2. The molecule has 1 fully saturated rings. The monoisotopic (exact) mass is 761 g/mol. The van der Waals surface area contributed by atoms with Crippen molar-refractivity contribution in [1.82, 2.24) is 25.3 Å². The first kappa shape index (κ1) is 46.6. The predicted molar refractivity (Wildman–Crippen MR) is 209 cm³/mol. The molecule has 1 aliphatic heterocycles. The molecule has 306 valence electrons. The molecule has 0 bridgehead atoms. The van der Waals surface area contributed by atoms with Crippen LogP contribution in [0, 0.1) is 23.7 Å². The van der Waals surface area contributed by atoms with Crippen molar-refractivity contribution in [1.29, 1.82) is 0 Å². The predicted octanol–water partition coefficient (Wildman–Crippen LogP) is 2.58. The molecular formula is C40H68N6O8. The van der Waals surface area contributed by atoms with E-state index < -0.39 is 48.2 Å². The molecule has 0 aliphatic carbocycles. The maximum absolute atomic E-state index is 14.2. The highest BCUT2D eigenvalue weighted by Crippen LogP contribution is 2.29. The third kappa shape index (κ3) is 12.0. The SMILES string of the molecule is CC[C@H](C)[C@@H]([C@@H](CC(=O)N1C[C@@H](N)C[C@H]1[C@H](OC)[C@@H](C)C(=O)NCC(=O)c1cccc(OC)c1)OC)N(C)C(=O)[C@@H](NC(=O)[C@H](C(C)C)N(C)C)C(C)C. The van der Waals surface area contributed by atoms with Crippen molar-refractivity contribution < 1.29 is 38.2 Å². The van der Waals surface area contributed by atoms with Gasteiger partial charge in [-0.25, -0.2) is 0 Å². The minimum Gasteiger partial charge on any atom is -0.497 e. The molecule has 54 heavy (non-hydrogen) atoms. The number of hydrogen-bond acceptors (Lipinski definition) is 10. The van der Waals surface area contributed by atoms with Crippen molar-refractivity contribution in [2.75, 3.05) is 55.6 Å². The Morgan fingerprint density at radius 1 is 0.944 bits per heavy atom. The number of likely N-dealkylation sites (N-methyl/N-ethyl adjacent to an activating group) is 2. The Bertz CT molecular complexity index is 1400. The first-order valence-corrected chi connectivity index (χ1v) is 19.1. The molecule has 9 atom stereocenters. The van der Waals surface area contributed by atoms with Gasteiger partial charge < -0.3 is 40.4 Å². The summed E-state index contributed by atoms with van der Waals surface area (Å²) in [6.45, 7) is 13.5.